The number of hydrogen-bond donors (Lipinski definition) is 1. The Morgan fingerprint density at radius 3 is 3.43 bits per heavy atom. The molecule has 0 aromatic carbocycles. The lowest BCUT2D eigenvalue weighted by Crippen LogP contribution is -2.29. The van der Waals surface area contributed by atoms with Gasteiger partial charge >= 0.3 is 5.97 Å². The minimum absolute atomic E-state index is 0.138. The van der Waals surface area contributed by atoms with Gasteiger partial charge in [0.05, 0.1) is 25.3 Å². The lowest BCUT2D eigenvalue weighted by Gasteiger charge is -2.11. The van der Waals surface area contributed by atoms with Crippen LogP contribution < -0.4 is 5.32 Å². The molecule has 0 radical (unpaired) electrons. The van der Waals surface area contributed by atoms with Crippen molar-refractivity contribution in [3.8, 4) is 0 Å². The monoisotopic (exact) mass is 195 g/mol. The molecule has 1 aromatic rings. The van der Waals surface area contributed by atoms with Gasteiger partial charge in [-0.3, -0.25) is 9.48 Å². The van der Waals surface area contributed by atoms with Gasteiger partial charge in [-0.15, -0.1) is 0 Å². The van der Waals surface area contributed by atoms with Crippen LogP contribution in [0.5, 0.6) is 0 Å². The molecule has 0 saturated heterocycles. The van der Waals surface area contributed by atoms with Gasteiger partial charge in [0.2, 0.25) is 0 Å². The molecule has 2 heterocycles. The normalized spacial score (nSPS) is 21.1. The van der Waals surface area contributed by atoms with Crippen LogP contribution >= 0.6 is 0 Å². The number of hydrogen-bond acceptors (Lipinski definition) is 4. The first-order chi connectivity index (χ1) is 6.81. The molecule has 1 atom stereocenters. The Bertz CT molecular complexity index is 335. The largest absolute Gasteiger partial charge is 0.469 e. The van der Waals surface area contributed by atoms with Gasteiger partial charge in [0, 0.05) is 19.3 Å². The van der Waals surface area contributed by atoms with Crippen molar-refractivity contribution >= 4 is 5.97 Å². The van der Waals surface area contributed by atoms with Crippen LogP contribution in [0, 0.1) is 5.92 Å². The lowest BCUT2D eigenvalue weighted by atomic mass is 10.1. The summed E-state index contributed by atoms with van der Waals surface area (Å²) < 4.78 is 6.57. The number of carbonyl (C=O) groups excluding carboxylic acids is 1. The third kappa shape index (κ3) is 1.63. The van der Waals surface area contributed by atoms with Gasteiger partial charge in [-0.2, -0.15) is 5.10 Å². The summed E-state index contributed by atoms with van der Waals surface area (Å²) in [6.07, 6.45) is 1.75. The van der Waals surface area contributed by atoms with Crippen molar-refractivity contribution in [2.45, 2.75) is 13.1 Å². The van der Waals surface area contributed by atoms with Crippen molar-refractivity contribution in [3.63, 3.8) is 0 Å². The van der Waals surface area contributed by atoms with E-state index in [1.165, 1.54) is 7.11 Å². The molecule has 2 rings (SSSR count). The number of carbonyl (C=O) groups is 1. The summed E-state index contributed by atoms with van der Waals surface area (Å²) >= 11 is 0. The first-order valence-corrected chi connectivity index (χ1v) is 4.60. The van der Waals surface area contributed by atoms with Crippen LogP contribution in [0.4, 0.5) is 0 Å². The van der Waals surface area contributed by atoms with E-state index in [0.717, 1.165) is 12.2 Å². The molecule has 0 spiro atoms. The fraction of sp³-hybridized carbons (Fsp3) is 0.556. The number of aromatic nitrogens is 2. The molecule has 1 N–H and O–H groups in total. The van der Waals surface area contributed by atoms with E-state index in [-0.39, 0.29) is 11.9 Å². The first kappa shape index (κ1) is 9.21. The minimum atomic E-state index is -0.180. The fourth-order valence-corrected chi connectivity index (χ4v) is 1.65. The van der Waals surface area contributed by atoms with E-state index >= 15 is 0 Å². The zero-order chi connectivity index (χ0) is 9.97. The van der Waals surface area contributed by atoms with Crippen LogP contribution in [0.1, 0.15) is 5.69 Å². The molecule has 0 saturated carbocycles. The Kier molecular flexibility index (Phi) is 2.49. The van der Waals surface area contributed by atoms with Gasteiger partial charge in [-0.05, 0) is 6.07 Å². The highest BCUT2D eigenvalue weighted by molar-refractivity contribution is 5.72. The van der Waals surface area contributed by atoms with Gasteiger partial charge in [0.1, 0.15) is 0 Å². The summed E-state index contributed by atoms with van der Waals surface area (Å²) in [6.45, 7) is 2.01. The van der Waals surface area contributed by atoms with E-state index in [4.69, 9.17) is 4.74 Å². The molecule has 76 valence electrons. The molecule has 5 heteroatoms. The van der Waals surface area contributed by atoms with Crippen LogP contribution in [0.3, 0.4) is 0 Å². The van der Waals surface area contributed by atoms with Gasteiger partial charge in [0.25, 0.3) is 0 Å². The van der Waals surface area contributed by atoms with Gasteiger partial charge in [0.15, 0.2) is 0 Å². The average Bonchev–Trinajstić information content (AvgIpc) is 2.54. The van der Waals surface area contributed by atoms with Gasteiger partial charge in [-0.1, -0.05) is 0 Å². The van der Waals surface area contributed by atoms with Crippen LogP contribution in [-0.2, 0) is 22.6 Å². The Hall–Kier alpha value is -1.36. The maximum absolute atomic E-state index is 11.3. The molecular weight excluding hydrogens is 182 g/mol. The second-order valence-corrected chi connectivity index (χ2v) is 3.36. The molecule has 1 aliphatic rings. The van der Waals surface area contributed by atoms with Crippen molar-refractivity contribution in [2.75, 3.05) is 13.7 Å². The van der Waals surface area contributed by atoms with E-state index < -0.39 is 0 Å². The van der Waals surface area contributed by atoms with Crippen molar-refractivity contribution < 1.29 is 9.53 Å². The first-order valence-electron chi connectivity index (χ1n) is 4.60. The number of rotatable bonds is 1. The van der Waals surface area contributed by atoms with E-state index in [1.807, 2.05) is 10.7 Å². The quantitative estimate of drug-likeness (QED) is 0.629. The summed E-state index contributed by atoms with van der Waals surface area (Å²) in [4.78, 5) is 11.3. The molecule has 0 bridgehead atoms. The Morgan fingerprint density at radius 1 is 1.79 bits per heavy atom. The number of esters is 1. The number of nitrogens with zero attached hydrogens (tertiary/aromatic N) is 2. The number of nitrogens with one attached hydrogen (secondary N) is 1. The summed E-state index contributed by atoms with van der Waals surface area (Å²) in [5, 5.41) is 7.35. The second-order valence-electron chi connectivity index (χ2n) is 3.36. The number of ether oxygens (including phenoxy) is 1. The van der Waals surface area contributed by atoms with Crippen molar-refractivity contribution in [1.82, 2.24) is 15.1 Å². The highest BCUT2D eigenvalue weighted by Crippen LogP contribution is 2.10. The summed E-state index contributed by atoms with van der Waals surface area (Å²) in [7, 11) is 1.41. The Labute approximate surface area is 82.0 Å². The molecule has 1 unspecified atom stereocenters. The summed E-state index contributed by atoms with van der Waals surface area (Å²) in [5.41, 5.74) is 1.11. The summed E-state index contributed by atoms with van der Waals surface area (Å²) in [5.74, 6) is -0.318. The van der Waals surface area contributed by atoms with Crippen molar-refractivity contribution in [2.24, 2.45) is 5.92 Å². The molecule has 5 nitrogen and oxygen atoms in total. The standard InChI is InChI=1S/C9H13N3O2/c1-14-9(13)7-4-10-5-8-2-3-11-12(8)6-7/h2-3,7,10H,4-6H2,1H3. The van der Waals surface area contributed by atoms with Crippen LogP contribution in [0.25, 0.3) is 0 Å². The Morgan fingerprint density at radius 2 is 2.64 bits per heavy atom. The molecule has 0 aliphatic carbocycles. The summed E-state index contributed by atoms with van der Waals surface area (Å²) in [6, 6.07) is 1.95. The number of fused-ring (bicyclic) bond motifs is 1. The van der Waals surface area contributed by atoms with Crippen LogP contribution in [0.2, 0.25) is 0 Å². The van der Waals surface area contributed by atoms with Crippen molar-refractivity contribution in [3.05, 3.63) is 18.0 Å². The lowest BCUT2D eigenvalue weighted by molar-refractivity contribution is -0.145. The van der Waals surface area contributed by atoms with Crippen LogP contribution in [0.15, 0.2) is 12.3 Å². The predicted molar refractivity (Wildman–Crippen MR) is 49.4 cm³/mol. The smallest absolute Gasteiger partial charge is 0.311 e. The molecule has 1 aliphatic heterocycles. The predicted octanol–water partition coefficient (Wildman–Crippen LogP) is -0.225. The SMILES string of the molecule is COC(=O)C1CNCc2ccnn2C1. The molecule has 14 heavy (non-hydrogen) atoms. The highest BCUT2D eigenvalue weighted by atomic mass is 16.5. The van der Waals surface area contributed by atoms with Crippen molar-refractivity contribution in [1.29, 1.82) is 0 Å². The zero-order valence-electron chi connectivity index (χ0n) is 8.06. The van der Waals surface area contributed by atoms with E-state index in [9.17, 15) is 4.79 Å². The van der Waals surface area contributed by atoms with Gasteiger partial charge < -0.3 is 10.1 Å². The average molecular weight is 195 g/mol. The third-order valence-electron chi connectivity index (χ3n) is 2.43. The molecular formula is C9H13N3O2. The molecule has 0 amide bonds. The topological polar surface area (TPSA) is 56.1 Å². The Balaban J connectivity index is 2.15. The molecule has 1 aromatic heterocycles. The highest BCUT2D eigenvalue weighted by Gasteiger charge is 2.23. The number of methoxy groups -OCH3 is 1. The van der Waals surface area contributed by atoms with Gasteiger partial charge in [-0.25, -0.2) is 0 Å². The van der Waals surface area contributed by atoms with E-state index in [0.29, 0.717) is 13.1 Å². The fourth-order valence-electron chi connectivity index (χ4n) is 1.65. The zero-order valence-corrected chi connectivity index (χ0v) is 8.06. The van der Waals surface area contributed by atoms with Crippen LogP contribution in [-0.4, -0.2) is 29.4 Å². The van der Waals surface area contributed by atoms with E-state index in [2.05, 4.69) is 10.4 Å². The second kappa shape index (κ2) is 3.79. The molecule has 0 fully saturated rings. The third-order valence-corrected chi connectivity index (χ3v) is 2.43. The maximum Gasteiger partial charge on any atom is 0.311 e. The maximum atomic E-state index is 11.3. The van der Waals surface area contributed by atoms with E-state index in [1.54, 1.807) is 6.20 Å². The minimum Gasteiger partial charge on any atom is -0.469 e.